The van der Waals surface area contributed by atoms with Crippen LogP contribution in [0.25, 0.3) is 0 Å². The predicted octanol–water partition coefficient (Wildman–Crippen LogP) is 2.21. The molecule has 2 rings (SSSR count). The van der Waals surface area contributed by atoms with Gasteiger partial charge in [0.2, 0.25) is 0 Å². The first-order valence-electron chi connectivity index (χ1n) is 4.84. The molecule has 0 spiro atoms. The van der Waals surface area contributed by atoms with Crippen molar-refractivity contribution in [1.29, 1.82) is 0 Å². The van der Waals surface area contributed by atoms with E-state index in [1.807, 2.05) is 0 Å². The molecule has 0 atom stereocenters. The second-order valence-electron chi connectivity index (χ2n) is 3.53. The maximum atomic E-state index is 12.8. The molecule has 4 nitrogen and oxygen atoms in total. The van der Waals surface area contributed by atoms with E-state index in [1.165, 1.54) is 24.4 Å². The lowest BCUT2D eigenvalue weighted by Crippen LogP contribution is -2.06. The van der Waals surface area contributed by atoms with E-state index in [0.29, 0.717) is 11.1 Å². The fourth-order valence-electron chi connectivity index (χ4n) is 1.45. The number of aromatic amines is 1. The minimum atomic E-state index is -0.436. The summed E-state index contributed by atoms with van der Waals surface area (Å²) in [5, 5.41) is 6.35. The summed E-state index contributed by atoms with van der Waals surface area (Å²) in [6.07, 6.45) is 1.41. The zero-order valence-electron chi connectivity index (χ0n) is 8.71. The number of ketones is 1. The summed E-state index contributed by atoms with van der Waals surface area (Å²) in [4.78, 5) is 11.8. The molecule has 3 N–H and O–H groups in total. The van der Waals surface area contributed by atoms with Crippen LogP contribution in [0.5, 0.6) is 0 Å². The zero-order chi connectivity index (χ0) is 12.4. The van der Waals surface area contributed by atoms with Crippen LogP contribution in [0.4, 0.5) is 10.2 Å². The molecule has 0 unspecified atom stereocenters. The highest BCUT2D eigenvalue weighted by atomic mass is 35.5. The van der Waals surface area contributed by atoms with Gasteiger partial charge in [-0.15, -0.1) is 0 Å². The number of H-pyrrole nitrogens is 1. The highest BCUT2D eigenvalue weighted by Gasteiger charge is 2.14. The Labute approximate surface area is 102 Å². The van der Waals surface area contributed by atoms with Crippen molar-refractivity contribution >= 4 is 23.2 Å². The van der Waals surface area contributed by atoms with Crippen LogP contribution in [0.3, 0.4) is 0 Å². The Balaban J connectivity index is 2.22. The third-order valence-corrected chi connectivity index (χ3v) is 2.69. The summed E-state index contributed by atoms with van der Waals surface area (Å²) in [7, 11) is 0. The maximum Gasteiger partial charge on any atom is 0.172 e. The van der Waals surface area contributed by atoms with Gasteiger partial charge in [-0.2, -0.15) is 5.10 Å². The number of carbonyl (C=O) groups excluding carboxylic acids is 1. The van der Waals surface area contributed by atoms with Crippen LogP contribution in [0.2, 0.25) is 5.02 Å². The first kappa shape index (κ1) is 11.6. The van der Waals surface area contributed by atoms with Crippen molar-refractivity contribution < 1.29 is 9.18 Å². The van der Waals surface area contributed by atoms with Crippen LogP contribution >= 0.6 is 11.6 Å². The lowest BCUT2D eigenvalue weighted by molar-refractivity contribution is 0.0994. The minimum Gasteiger partial charge on any atom is -0.383 e. The van der Waals surface area contributed by atoms with Gasteiger partial charge in [0.25, 0.3) is 0 Å². The monoisotopic (exact) mass is 253 g/mol. The van der Waals surface area contributed by atoms with Crippen LogP contribution in [0.1, 0.15) is 15.9 Å². The molecule has 1 aromatic heterocycles. The molecule has 0 saturated heterocycles. The average Bonchev–Trinajstić information content (AvgIpc) is 2.68. The summed E-state index contributed by atoms with van der Waals surface area (Å²) in [5.74, 6) is -0.438. The lowest BCUT2D eigenvalue weighted by atomic mass is 10.0. The van der Waals surface area contributed by atoms with Crippen LogP contribution in [0, 0.1) is 5.82 Å². The van der Waals surface area contributed by atoms with E-state index in [2.05, 4.69) is 10.2 Å². The number of nitrogens with one attached hydrogen (secondary N) is 1. The SMILES string of the molecule is Nc1[nH]ncc1C(=O)Cc1ccc(F)cc1Cl. The van der Waals surface area contributed by atoms with Gasteiger partial charge in [0.15, 0.2) is 5.78 Å². The largest absolute Gasteiger partial charge is 0.383 e. The standard InChI is InChI=1S/C11H9ClFN3O/c12-9-4-7(13)2-1-6(9)3-10(17)8-5-15-16-11(8)14/h1-2,4-5H,3H2,(H3,14,15,16). The molecule has 0 aliphatic carbocycles. The van der Waals surface area contributed by atoms with Crippen LogP contribution in [-0.2, 0) is 6.42 Å². The number of nitrogen functional groups attached to an aromatic ring is 1. The molecule has 0 aliphatic rings. The molecular formula is C11H9ClFN3O. The van der Waals surface area contributed by atoms with Gasteiger partial charge in [-0.05, 0) is 17.7 Å². The van der Waals surface area contributed by atoms with Crippen molar-refractivity contribution in [3.05, 3.63) is 46.4 Å². The third kappa shape index (κ3) is 2.45. The van der Waals surface area contributed by atoms with Crippen molar-refractivity contribution in [2.45, 2.75) is 6.42 Å². The van der Waals surface area contributed by atoms with E-state index in [0.717, 1.165) is 0 Å². The van der Waals surface area contributed by atoms with Crippen molar-refractivity contribution in [3.8, 4) is 0 Å². The maximum absolute atomic E-state index is 12.8. The van der Waals surface area contributed by atoms with Gasteiger partial charge in [-0.25, -0.2) is 4.39 Å². The lowest BCUT2D eigenvalue weighted by Gasteiger charge is -2.03. The average molecular weight is 254 g/mol. The molecular weight excluding hydrogens is 245 g/mol. The van der Waals surface area contributed by atoms with Gasteiger partial charge in [0.05, 0.1) is 11.8 Å². The first-order chi connectivity index (χ1) is 8.08. The van der Waals surface area contributed by atoms with E-state index in [4.69, 9.17) is 17.3 Å². The van der Waals surface area contributed by atoms with Crippen molar-refractivity contribution in [2.75, 3.05) is 5.73 Å². The van der Waals surface area contributed by atoms with E-state index in [9.17, 15) is 9.18 Å². The molecule has 2 aromatic rings. The summed E-state index contributed by atoms with van der Waals surface area (Å²) in [6.45, 7) is 0. The highest BCUT2D eigenvalue weighted by Crippen LogP contribution is 2.20. The van der Waals surface area contributed by atoms with Crippen molar-refractivity contribution in [3.63, 3.8) is 0 Å². The molecule has 6 heteroatoms. The van der Waals surface area contributed by atoms with Gasteiger partial charge in [-0.1, -0.05) is 17.7 Å². The second kappa shape index (κ2) is 4.55. The Morgan fingerprint density at radius 3 is 2.88 bits per heavy atom. The molecule has 1 aromatic carbocycles. The predicted molar refractivity (Wildman–Crippen MR) is 62.4 cm³/mol. The van der Waals surface area contributed by atoms with Gasteiger partial charge in [0.1, 0.15) is 11.6 Å². The van der Waals surface area contributed by atoms with Gasteiger partial charge >= 0.3 is 0 Å². The van der Waals surface area contributed by atoms with Gasteiger partial charge < -0.3 is 5.73 Å². The smallest absolute Gasteiger partial charge is 0.172 e. The molecule has 0 radical (unpaired) electrons. The molecule has 0 saturated carbocycles. The Bertz CT molecular complexity index is 568. The molecule has 17 heavy (non-hydrogen) atoms. The Hall–Kier alpha value is -1.88. The number of carbonyl (C=O) groups is 1. The number of nitrogens with two attached hydrogens (primary N) is 1. The number of anilines is 1. The van der Waals surface area contributed by atoms with Gasteiger partial charge in [0, 0.05) is 11.4 Å². The molecule has 0 aliphatic heterocycles. The number of halogens is 2. The summed E-state index contributed by atoms with van der Waals surface area (Å²) in [5.41, 5.74) is 6.39. The normalized spacial score (nSPS) is 10.5. The highest BCUT2D eigenvalue weighted by molar-refractivity contribution is 6.31. The molecule has 0 amide bonds. The number of benzene rings is 1. The summed E-state index contributed by atoms with van der Waals surface area (Å²) >= 11 is 5.83. The Morgan fingerprint density at radius 1 is 1.53 bits per heavy atom. The third-order valence-electron chi connectivity index (χ3n) is 2.34. The number of rotatable bonds is 3. The molecule has 0 bridgehead atoms. The number of Topliss-reactive ketones (excluding diaryl/α,β-unsaturated/α-hetero) is 1. The quantitative estimate of drug-likeness (QED) is 0.824. The fraction of sp³-hybridized carbons (Fsp3) is 0.0909. The molecule has 1 heterocycles. The summed E-state index contributed by atoms with van der Waals surface area (Å²) in [6, 6.07) is 3.90. The minimum absolute atomic E-state index is 0.0584. The van der Waals surface area contributed by atoms with Crippen LogP contribution in [-0.4, -0.2) is 16.0 Å². The summed E-state index contributed by atoms with van der Waals surface area (Å²) < 4.78 is 12.8. The van der Waals surface area contributed by atoms with E-state index >= 15 is 0 Å². The van der Waals surface area contributed by atoms with Crippen LogP contribution < -0.4 is 5.73 Å². The van der Waals surface area contributed by atoms with E-state index < -0.39 is 5.82 Å². The first-order valence-corrected chi connectivity index (χ1v) is 5.21. The number of hydrogen-bond donors (Lipinski definition) is 2. The van der Waals surface area contributed by atoms with Gasteiger partial charge in [-0.3, -0.25) is 9.89 Å². The fourth-order valence-corrected chi connectivity index (χ4v) is 1.69. The topological polar surface area (TPSA) is 71.8 Å². The number of aromatic nitrogens is 2. The Kier molecular flexibility index (Phi) is 3.10. The number of nitrogens with zero attached hydrogens (tertiary/aromatic N) is 1. The van der Waals surface area contributed by atoms with Crippen molar-refractivity contribution in [2.24, 2.45) is 0 Å². The van der Waals surface area contributed by atoms with Crippen molar-refractivity contribution in [1.82, 2.24) is 10.2 Å². The second-order valence-corrected chi connectivity index (χ2v) is 3.94. The zero-order valence-corrected chi connectivity index (χ0v) is 9.46. The van der Waals surface area contributed by atoms with E-state index in [-0.39, 0.29) is 23.0 Å². The van der Waals surface area contributed by atoms with Crippen LogP contribution in [0.15, 0.2) is 24.4 Å². The Morgan fingerprint density at radius 2 is 2.29 bits per heavy atom. The van der Waals surface area contributed by atoms with E-state index in [1.54, 1.807) is 0 Å². The molecule has 0 fully saturated rings. The molecule has 88 valence electrons. The number of hydrogen-bond acceptors (Lipinski definition) is 3.